The maximum absolute atomic E-state index is 12.0. The molecule has 0 radical (unpaired) electrons. The Bertz CT molecular complexity index is 301. The van der Waals surface area contributed by atoms with Gasteiger partial charge in [0.1, 0.15) is 0 Å². The molecule has 0 aromatic rings. The van der Waals surface area contributed by atoms with E-state index in [9.17, 15) is 9.59 Å². The molecule has 2 atom stereocenters. The summed E-state index contributed by atoms with van der Waals surface area (Å²) in [5, 5.41) is 20.7. The van der Waals surface area contributed by atoms with Crippen LogP contribution >= 0.6 is 0 Å². The molecule has 0 aliphatic heterocycles. The third-order valence-electron chi connectivity index (χ3n) is 3.37. The zero-order chi connectivity index (χ0) is 13.1. The molecule has 5 heteroatoms. The lowest BCUT2D eigenvalue weighted by Crippen LogP contribution is -2.47. The molecule has 1 rings (SSSR count). The van der Waals surface area contributed by atoms with Crippen LogP contribution in [-0.4, -0.2) is 34.2 Å². The average Bonchev–Trinajstić information content (AvgIpc) is 2.64. The highest BCUT2D eigenvalue weighted by Gasteiger charge is 2.39. The van der Waals surface area contributed by atoms with Crippen LogP contribution in [0.25, 0.3) is 0 Å². The zero-order valence-corrected chi connectivity index (χ0v) is 10.4. The van der Waals surface area contributed by atoms with Crippen molar-refractivity contribution in [3.05, 3.63) is 0 Å². The summed E-state index contributed by atoms with van der Waals surface area (Å²) in [7, 11) is 0. The van der Waals surface area contributed by atoms with Crippen molar-refractivity contribution in [2.45, 2.75) is 45.1 Å². The molecule has 1 fully saturated rings. The summed E-state index contributed by atoms with van der Waals surface area (Å²) >= 11 is 0. The molecule has 98 valence electrons. The van der Waals surface area contributed by atoms with E-state index in [1.807, 2.05) is 13.8 Å². The molecule has 17 heavy (non-hydrogen) atoms. The third-order valence-corrected chi connectivity index (χ3v) is 3.37. The molecule has 0 saturated heterocycles. The second kappa shape index (κ2) is 5.49. The number of nitrogens with one attached hydrogen (secondary N) is 1. The van der Waals surface area contributed by atoms with Crippen molar-refractivity contribution in [3.8, 4) is 0 Å². The van der Waals surface area contributed by atoms with E-state index in [2.05, 4.69) is 5.32 Å². The third kappa shape index (κ3) is 3.70. The van der Waals surface area contributed by atoms with Gasteiger partial charge in [-0.25, -0.2) is 0 Å². The van der Waals surface area contributed by atoms with Gasteiger partial charge in [0.05, 0.1) is 11.8 Å². The smallest absolute Gasteiger partial charge is 0.307 e. The Kier molecular flexibility index (Phi) is 4.51. The Hall–Kier alpha value is -1.10. The van der Waals surface area contributed by atoms with Gasteiger partial charge in [0, 0.05) is 12.1 Å². The molecule has 0 heterocycles. The van der Waals surface area contributed by atoms with Crippen molar-refractivity contribution < 1.29 is 19.8 Å². The van der Waals surface area contributed by atoms with Crippen molar-refractivity contribution in [2.24, 2.45) is 11.8 Å². The maximum atomic E-state index is 12.0. The number of hydrogen-bond donors (Lipinski definition) is 3. The molecule has 1 amide bonds. The Balaban J connectivity index is 2.61. The fourth-order valence-corrected chi connectivity index (χ4v) is 2.34. The number of aliphatic carboxylic acids is 1. The Labute approximate surface area is 101 Å². The number of rotatable bonds is 5. The molecular formula is C12H21NO4. The molecule has 0 spiro atoms. The molecule has 0 bridgehead atoms. The molecule has 1 aliphatic rings. The monoisotopic (exact) mass is 243 g/mol. The van der Waals surface area contributed by atoms with Gasteiger partial charge in [0.2, 0.25) is 5.91 Å². The second-order valence-electron chi connectivity index (χ2n) is 5.33. The molecule has 1 aliphatic carbocycles. The molecule has 0 aromatic heterocycles. The number of carbonyl (C=O) groups is 2. The number of hydrogen-bond acceptors (Lipinski definition) is 3. The quantitative estimate of drug-likeness (QED) is 0.665. The zero-order valence-electron chi connectivity index (χ0n) is 10.4. The lowest BCUT2D eigenvalue weighted by atomic mass is 9.93. The van der Waals surface area contributed by atoms with E-state index >= 15 is 0 Å². The van der Waals surface area contributed by atoms with Gasteiger partial charge in [0.15, 0.2) is 0 Å². The summed E-state index contributed by atoms with van der Waals surface area (Å²) in [4.78, 5) is 23.0. The first-order chi connectivity index (χ1) is 7.87. The van der Waals surface area contributed by atoms with Crippen molar-refractivity contribution in [2.75, 3.05) is 6.61 Å². The van der Waals surface area contributed by atoms with E-state index in [4.69, 9.17) is 10.2 Å². The molecular weight excluding hydrogens is 222 g/mol. The van der Waals surface area contributed by atoms with Crippen LogP contribution < -0.4 is 5.32 Å². The van der Waals surface area contributed by atoms with Gasteiger partial charge in [-0.3, -0.25) is 9.59 Å². The normalized spacial score (nSPS) is 24.6. The van der Waals surface area contributed by atoms with Gasteiger partial charge in [-0.2, -0.15) is 0 Å². The largest absolute Gasteiger partial charge is 0.481 e. The first-order valence-corrected chi connectivity index (χ1v) is 6.03. The van der Waals surface area contributed by atoms with Crippen molar-refractivity contribution >= 4 is 11.9 Å². The second-order valence-corrected chi connectivity index (χ2v) is 5.33. The SMILES string of the molecule is CC(C)(CCO)NC(=O)C1CCCC1C(=O)O. The van der Waals surface area contributed by atoms with Crippen LogP contribution in [0, 0.1) is 11.8 Å². The molecule has 2 unspecified atom stereocenters. The van der Waals surface area contributed by atoms with Crippen LogP contribution in [0.1, 0.15) is 39.5 Å². The maximum Gasteiger partial charge on any atom is 0.307 e. The minimum Gasteiger partial charge on any atom is -0.481 e. The topological polar surface area (TPSA) is 86.6 Å². The highest BCUT2D eigenvalue weighted by Crippen LogP contribution is 2.32. The summed E-state index contributed by atoms with van der Waals surface area (Å²) in [6, 6.07) is 0. The summed E-state index contributed by atoms with van der Waals surface area (Å²) < 4.78 is 0. The number of carbonyl (C=O) groups excluding carboxylic acids is 1. The van der Waals surface area contributed by atoms with Gasteiger partial charge in [-0.05, 0) is 33.1 Å². The summed E-state index contributed by atoms with van der Waals surface area (Å²) in [5.74, 6) is -2.07. The van der Waals surface area contributed by atoms with Gasteiger partial charge in [-0.15, -0.1) is 0 Å². The minimum atomic E-state index is -0.886. The number of carboxylic acid groups (broad SMARTS) is 1. The fourth-order valence-electron chi connectivity index (χ4n) is 2.34. The minimum absolute atomic E-state index is 0.000303. The predicted molar refractivity (Wildman–Crippen MR) is 62.4 cm³/mol. The lowest BCUT2D eigenvalue weighted by Gasteiger charge is -2.28. The van der Waals surface area contributed by atoms with Crippen molar-refractivity contribution in [1.82, 2.24) is 5.32 Å². The summed E-state index contributed by atoms with van der Waals surface area (Å²) in [6.07, 6.45) is 2.46. The van der Waals surface area contributed by atoms with Gasteiger partial charge >= 0.3 is 5.97 Å². The number of aliphatic hydroxyl groups excluding tert-OH is 1. The highest BCUT2D eigenvalue weighted by atomic mass is 16.4. The van der Waals surface area contributed by atoms with E-state index in [-0.39, 0.29) is 12.5 Å². The Morgan fingerprint density at radius 2 is 1.88 bits per heavy atom. The molecule has 0 aromatic carbocycles. The number of amides is 1. The van der Waals surface area contributed by atoms with Crippen LogP contribution in [0.4, 0.5) is 0 Å². The molecule has 5 nitrogen and oxygen atoms in total. The van der Waals surface area contributed by atoms with Gasteiger partial charge in [-0.1, -0.05) is 6.42 Å². The number of aliphatic hydroxyl groups is 1. The van der Waals surface area contributed by atoms with Crippen molar-refractivity contribution in [1.29, 1.82) is 0 Å². The molecule has 3 N–H and O–H groups in total. The van der Waals surface area contributed by atoms with Gasteiger partial charge < -0.3 is 15.5 Å². The van der Waals surface area contributed by atoms with Crippen LogP contribution in [0.5, 0.6) is 0 Å². The lowest BCUT2D eigenvalue weighted by molar-refractivity contribution is -0.146. The average molecular weight is 243 g/mol. The van der Waals surface area contributed by atoms with Gasteiger partial charge in [0.25, 0.3) is 0 Å². The highest BCUT2D eigenvalue weighted by molar-refractivity contribution is 5.85. The van der Waals surface area contributed by atoms with Crippen LogP contribution in [0.2, 0.25) is 0 Å². The van der Waals surface area contributed by atoms with Crippen molar-refractivity contribution in [3.63, 3.8) is 0 Å². The fraction of sp³-hybridized carbons (Fsp3) is 0.833. The van der Waals surface area contributed by atoms with Crippen LogP contribution in [0.3, 0.4) is 0 Å². The predicted octanol–water partition coefficient (Wildman–Crippen LogP) is 0.764. The molecule has 1 saturated carbocycles. The number of carboxylic acids is 1. The standard InChI is InChI=1S/C12H21NO4/c1-12(2,6-7-14)13-10(15)8-4-3-5-9(8)11(16)17/h8-9,14H,3-7H2,1-2H3,(H,13,15)(H,16,17). The Morgan fingerprint density at radius 3 is 2.41 bits per heavy atom. The summed E-state index contributed by atoms with van der Waals surface area (Å²) in [6.45, 7) is 3.65. The van der Waals surface area contributed by atoms with E-state index < -0.39 is 23.3 Å². The van der Waals surface area contributed by atoms with E-state index in [1.165, 1.54) is 0 Å². The van der Waals surface area contributed by atoms with Crippen LogP contribution in [0.15, 0.2) is 0 Å². The Morgan fingerprint density at radius 1 is 1.29 bits per heavy atom. The summed E-state index contributed by atoms with van der Waals surface area (Å²) in [5.41, 5.74) is -0.489. The van der Waals surface area contributed by atoms with Crippen LogP contribution in [-0.2, 0) is 9.59 Å². The first kappa shape index (κ1) is 14.0. The van der Waals surface area contributed by atoms with E-state index in [0.29, 0.717) is 19.3 Å². The van der Waals surface area contributed by atoms with E-state index in [0.717, 1.165) is 6.42 Å². The van der Waals surface area contributed by atoms with E-state index in [1.54, 1.807) is 0 Å². The first-order valence-electron chi connectivity index (χ1n) is 6.03.